The van der Waals surface area contributed by atoms with Crippen LogP contribution in [0.15, 0.2) is 125 Å². The van der Waals surface area contributed by atoms with E-state index in [9.17, 15) is 79.2 Å². The number of phenolic OH excluding ortho intramolecular Hbond substituents is 2. The predicted octanol–water partition coefficient (Wildman–Crippen LogP) is 9.15. The van der Waals surface area contributed by atoms with Gasteiger partial charge in [-0.15, -0.1) is 0 Å². The zero-order valence-electron chi connectivity index (χ0n) is 77.9. The van der Waals surface area contributed by atoms with Gasteiger partial charge in [-0.2, -0.15) is 0 Å². The summed E-state index contributed by atoms with van der Waals surface area (Å²) in [5, 5.41) is 98.4. The highest BCUT2D eigenvalue weighted by Crippen LogP contribution is 2.47. The summed E-state index contributed by atoms with van der Waals surface area (Å²) >= 11 is 0. The van der Waals surface area contributed by atoms with E-state index < -0.39 is 176 Å². The van der Waals surface area contributed by atoms with E-state index in [1.54, 1.807) is 91.8 Å². The number of rotatable bonds is 7. The first-order valence-corrected chi connectivity index (χ1v) is 44.4. The van der Waals surface area contributed by atoms with Crippen molar-refractivity contribution in [1.29, 1.82) is 0 Å². The third-order valence-electron chi connectivity index (χ3n) is 28.0. The fourth-order valence-corrected chi connectivity index (χ4v) is 19.4. The number of phenols is 2. The van der Waals surface area contributed by atoms with Gasteiger partial charge in [0.1, 0.15) is 57.6 Å². The Hall–Kier alpha value is -12.0. The molecule has 3 saturated heterocycles. The molecular weight excluding hydrogens is 1710 g/mol. The molecule has 6 aromatic carbocycles. The Morgan fingerprint density at radius 1 is 0.508 bits per heavy atom. The largest absolute Gasteiger partial charge is 0.507 e. The first-order chi connectivity index (χ1) is 62.3. The van der Waals surface area contributed by atoms with Crippen molar-refractivity contribution < 1.29 is 107 Å². The molecule has 706 valence electrons. The number of hydrogen-bond acceptors (Lipinski definition) is 32. The fraction of sp³-hybridized carbons (Fsp3) is 0.490. The maximum Gasteiger partial charge on any atom is 0.307 e. The molecule has 2 unspecified atom stereocenters. The minimum atomic E-state index is -1.98. The van der Waals surface area contributed by atoms with Gasteiger partial charge >= 0.3 is 23.5 Å². The van der Waals surface area contributed by atoms with Crippen LogP contribution >= 0.6 is 0 Å². The van der Waals surface area contributed by atoms with Crippen molar-refractivity contribution in [2.24, 2.45) is 47.3 Å². The number of aliphatic hydroxyl groups excluding tert-OH is 6. The van der Waals surface area contributed by atoms with E-state index in [0.29, 0.717) is 49.6 Å². The SMILES string of the molecule is CO[C@H]1/C=C/O[C@@]2(C)Oc3c(C)c(O)c4c(=O)c(c5oc6cc(N7CC(N(C)C)C7)cc(=O)c6nc5c4c3=C2O)NC(=O)/C(C)=C\C=C\[C@H](C)[C@H](O)[C@@H](C)[C@@H](O)[C@@H](C)[C@H](OC(C)=O)[C@@H]1C.CO[C@H]1/C=C/O[C@@]2(C)Oc3c(C)c(O)c4c(=O)c(c5oc6cc(N7CC8CCC(C7)N8C)cc(=O)c6nc5c4c3=C2O)NC(=O)/C(C)=C\C=C\[C@H](C)[C@H](O)[C@@H](C)[C@@H](O)[C@@H](C)[C@H](OC(C)=O)[C@@H]1C. The maximum absolute atomic E-state index is 14.9. The lowest BCUT2D eigenvalue weighted by molar-refractivity contribution is -0.161. The van der Waals surface area contributed by atoms with E-state index in [2.05, 4.69) is 32.4 Å². The summed E-state index contributed by atoms with van der Waals surface area (Å²) in [6, 6.07) is 7.19. The predicted molar refractivity (Wildman–Crippen MR) is 497 cm³/mol. The minimum Gasteiger partial charge on any atom is -0.507 e. The summed E-state index contributed by atoms with van der Waals surface area (Å²) in [6.07, 6.45) is 9.21. The van der Waals surface area contributed by atoms with Crippen LogP contribution in [0.4, 0.5) is 22.7 Å². The zero-order chi connectivity index (χ0) is 96.1. The molecule has 10 N–H and O–H groups in total. The number of nitrogens with one attached hydrogen (secondary N) is 2. The van der Waals surface area contributed by atoms with Crippen LogP contribution in [0.1, 0.15) is 121 Å². The number of carbonyl (C=O) groups is 4. The van der Waals surface area contributed by atoms with Crippen LogP contribution in [0.5, 0.6) is 23.0 Å². The molecule has 8 aromatic rings. The Balaban J connectivity index is 0.000000212. The third kappa shape index (κ3) is 17.4. The number of piperazine rings is 1. The molecule has 0 saturated carbocycles. The third-order valence-corrected chi connectivity index (χ3v) is 28.0. The average molecular weight is 1820 g/mol. The normalized spacial score (nSPS) is 31.3. The molecule has 0 aliphatic carbocycles. The molecule has 132 heavy (non-hydrogen) atoms. The molecule has 7 aliphatic heterocycles. The van der Waals surface area contributed by atoms with E-state index in [4.69, 9.17) is 56.7 Å². The molecule has 15 rings (SSSR count). The van der Waals surface area contributed by atoms with Gasteiger partial charge in [-0.05, 0) is 73.8 Å². The molecule has 34 heteroatoms. The highest BCUT2D eigenvalue weighted by molar-refractivity contribution is 6.19. The van der Waals surface area contributed by atoms with E-state index in [-0.39, 0.29) is 128 Å². The number of likely N-dealkylation sites (N-methyl/N-ethyl adjacent to an activating group) is 2. The first-order valence-electron chi connectivity index (χ1n) is 44.4. The van der Waals surface area contributed by atoms with Crippen LogP contribution in [0.25, 0.3) is 77.5 Å². The molecule has 34 nitrogen and oxygen atoms in total. The van der Waals surface area contributed by atoms with Crippen molar-refractivity contribution >= 4 is 124 Å². The number of nitrogens with zero attached hydrogens (tertiary/aromatic N) is 6. The molecule has 10 bridgehead atoms. The fourth-order valence-electron chi connectivity index (χ4n) is 19.4. The number of fused-ring (bicyclic) bond motifs is 6. The summed E-state index contributed by atoms with van der Waals surface area (Å²) < 4.78 is 61.0. The number of aromatic hydroxyl groups is 2. The van der Waals surface area contributed by atoms with Crippen molar-refractivity contribution in [2.45, 2.75) is 202 Å². The number of hydrogen-bond donors (Lipinski definition) is 10. The van der Waals surface area contributed by atoms with Gasteiger partial charge in [-0.1, -0.05) is 91.8 Å². The number of ether oxygens (including phenoxy) is 8. The lowest BCUT2D eigenvalue weighted by Gasteiger charge is -2.44. The summed E-state index contributed by atoms with van der Waals surface area (Å²) in [6.45, 7) is 27.9. The number of methoxy groups -OCH3 is 2. The van der Waals surface area contributed by atoms with E-state index in [1.807, 2.05) is 19.0 Å². The summed E-state index contributed by atoms with van der Waals surface area (Å²) in [5.74, 6) is -13.8. The Morgan fingerprint density at radius 2 is 0.879 bits per heavy atom. The highest BCUT2D eigenvalue weighted by atomic mass is 16.7. The molecule has 3 fully saturated rings. The second-order valence-corrected chi connectivity index (χ2v) is 37.1. The Kier molecular flexibility index (Phi) is 27.1. The standard InChI is InChI=1S/C50H60N4O13.C48H58N4O13/c1-22-12-11-13-23(2)49(62)52-40-44(60)36-35(39-47(40)66-34-19-31(18-32(56)38(34)51-39)54-20-29-14-15-30(21-54)53(29)9)37-46(27(6)43(36)59)67-50(8,48(37)61)64-17-16-33(63-10)24(3)45(65-28(7)55)26(5)42(58)25(4)41(22)57;1-21-13-12-14-22(2)47(60)50-38-42(58)34-33(37-45(38)64-32-18-28(17-30(54)36(32)49-37)52-19-29(20-52)51(9)10)35-44(26(6)41(34)57)65-48(8,46(35)59)62-16-15-31(61-11)23(3)43(63-27(7)53)25(5)40(56)24(4)39(21)55/h11-13,16-19,22,24-26,29-30,33,41-42,45,57-59,61H,14-15,20-21H2,1-10H3,(H,52,62);12-18,21,23-25,29,31,39-40,43,55-57,59H,19-20H2,1-11H3,(H,50,60)/b12-11+,17-16+,23-13-;13-12+,16-15+,22-14-/t22-,24+,25+,26+,29?,30?,33-,41-,42+,45+,50-;21-,23+,24+,25+,31-,39-,40+,43+,48-/m00/s1. The summed E-state index contributed by atoms with van der Waals surface area (Å²) in [7, 11) is 8.95. The molecule has 0 spiro atoms. The molecule has 0 radical (unpaired) electrons. The number of aliphatic hydroxyl groups is 6. The van der Waals surface area contributed by atoms with E-state index >= 15 is 0 Å². The molecular formula is C98H118N8O26. The number of amides is 2. The Morgan fingerprint density at radius 3 is 1.23 bits per heavy atom. The van der Waals surface area contributed by atoms with Crippen molar-refractivity contribution in [3.05, 3.63) is 159 Å². The Labute approximate surface area is 760 Å². The molecule has 7 aliphatic rings. The van der Waals surface area contributed by atoms with Crippen LogP contribution in [-0.4, -0.2) is 224 Å². The zero-order valence-corrected chi connectivity index (χ0v) is 77.9. The van der Waals surface area contributed by atoms with Crippen LogP contribution in [0.2, 0.25) is 0 Å². The maximum atomic E-state index is 14.9. The monoisotopic (exact) mass is 1820 g/mol. The van der Waals surface area contributed by atoms with E-state index in [0.717, 1.165) is 12.8 Å². The number of anilines is 4. The van der Waals surface area contributed by atoms with Gasteiger partial charge in [0.2, 0.25) is 21.7 Å². The molecule has 20 atom stereocenters. The minimum absolute atomic E-state index is 0.0285. The van der Waals surface area contributed by atoms with Gasteiger partial charge < -0.3 is 113 Å². The average Bonchev–Trinajstić information content (AvgIpc) is 1.46. The van der Waals surface area contributed by atoms with Crippen molar-refractivity contribution in [1.82, 2.24) is 19.8 Å². The lowest BCUT2D eigenvalue weighted by Crippen LogP contribution is -2.57. The number of carbonyl (C=O) groups excluding carboxylic acids is 4. The van der Waals surface area contributed by atoms with Crippen molar-refractivity contribution in [2.75, 3.05) is 82.0 Å². The second kappa shape index (κ2) is 37.2. The summed E-state index contributed by atoms with van der Waals surface area (Å²) in [4.78, 5) is 129. The van der Waals surface area contributed by atoms with Crippen molar-refractivity contribution in [3.63, 3.8) is 0 Å². The lowest BCUT2D eigenvalue weighted by atomic mass is 9.78. The highest BCUT2D eigenvalue weighted by Gasteiger charge is 2.49. The van der Waals surface area contributed by atoms with Crippen LogP contribution < -0.4 is 62.1 Å². The molecule has 2 amide bonds. The number of allylic oxidation sites excluding steroid dienone is 4. The van der Waals surface area contributed by atoms with Gasteiger partial charge in [0, 0.05) is 202 Å². The first kappa shape index (κ1) is 96.0. The molecule has 9 heterocycles. The van der Waals surface area contributed by atoms with Crippen LogP contribution in [0.3, 0.4) is 0 Å². The van der Waals surface area contributed by atoms with Crippen LogP contribution in [-0.2, 0) is 47.6 Å². The van der Waals surface area contributed by atoms with Crippen molar-refractivity contribution in [3.8, 4) is 23.0 Å². The number of benzene rings is 6. The number of aromatic nitrogens is 2. The van der Waals surface area contributed by atoms with Gasteiger partial charge in [0.05, 0.1) is 70.4 Å². The number of esters is 2. The topological polar surface area (TPSA) is 461 Å². The van der Waals surface area contributed by atoms with Gasteiger partial charge in [-0.3, -0.25) is 43.3 Å². The Bertz CT molecular complexity index is 6560. The van der Waals surface area contributed by atoms with Gasteiger partial charge in [0.15, 0.2) is 44.9 Å². The smallest absolute Gasteiger partial charge is 0.307 e. The van der Waals surface area contributed by atoms with E-state index in [1.165, 1.54) is 119 Å². The summed E-state index contributed by atoms with van der Waals surface area (Å²) in [5.41, 5.74) is -2.69. The molecule has 2 aromatic heterocycles. The van der Waals surface area contributed by atoms with Crippen LogP contribution in [0, 0.1) is 61.2 Å². The second-order valence-electron chi connectivity index (χ2n) is 37.1. The van der Waals surface area contributed by atoms with Gasteiger partial charge in [0.25, 0.3) is 11.8 Å². The quantitative estimate of drug-likeness (QED) is 0.0403. The van der Waals surface area contributed by atoms with Gasteiger partial charge in [-0.25, -0.2) is 9.97 Å².